The summed E-state index contributed by atoms with van der Waals surface area (Å²) < 4.78 is 0. The van der Waals surface area contributed by atoms with Gasteiger partial charge in [-0.1, -0.05) is 40.5 Å². The first kappa shape index (κ1) is 17.8. The summed E-state index contributed by atoms with van der Waals surface area (Å²) in [6.45, 7) is 9.79. The van der Waals surface area contributed by atoms with Crippen LogP contribution < -0.4 is 5.32 Å². The number of carboxylic acid groups (broad SMARTS) is 1. The Morgan fingerprint density at radius 3 is 2.10 bits per heavy atom. The lowest BCUT2D eigenvalue weighted by molar-refractivity contribution is -0.139. The number of aliphatic carboxylic acids is 1. The molecule has 2 N–H and O–H groups in total. The summed E-state index contributed by atoms with van der Waals surface area (Å²) in [5.41, 5.74) is 0.362. The van der Waals surface area contributed by atoms with Crippen LogP contribution in [0.1, 0.15) is 59.8 Å². The third kappa shape index (κ3) is 4.90. The highest BCUT2D eigenvalue weighted by atomic mass is 16.4. The molecule has 0 aliphatic carbocycles. The van der Waals surface area contributed by atoms with Crippen LogP contribution in [0.4, 0.5) is 4.79 Å². The molecule has 0 aromatic carbocycles. The first-order valence-corrected chi connectivity index (χ1v) is 8.11. The van der Waals surface area contributed by atoms with Crippen molar-refractivity contribution >= 4 is 12.0 Å². The van der Waals surface area contributed by atoms with Gasteiger partial charge in [-0.15, -0.1) is 0 Å². The molecule has 1 rings (SSSR count). The second-order valence-corrected chi connectivity index (χ2v) is 6.66. The van der Waals surface area contributed by atoms with E-state index < -0.39 is 12.0 Å². The third-order valence-corrected chi connectivity index (χ3v) is 4.91. The summed E-state index contributed by atoms with van der Waals surface area (Å²) in [6, 6.07) is -1.02. The van der Waals surface area contributed by atoms with Gasteiger partial charge in [-0.25, -0.2) is 9.59 Å². The van der Waals surface area contributed by atoms with E-state index in [1.165, 1.54) is 0 Å². The molecule has 122 valence electrons. The molecular weight excluding hydrogens is 268 g/mol. The lowest BCUT2D eigenvalue weighted by Crippen LogP contribution is -2.51. The zero-order chi connectivity index (χ0) is 16.0. The van der Waals surface area contributed by atoms with Gasteiger partial charge in [0.2, 0.25) is 0 Å². The topological polar surface area (TPSA) is 69.6 Å². The van der Waals surface area contributed by atoms with Crippen molar-refractivity contribution in [3.63, 3.8) is 0 Å². The first-order valence-electron chi connectivity index (χ1n) is 8.11. The molecule has 0 aromatic rings. The van der Waals surface area contributed by atoms with E-state index in [4.69, 9.17) is 0 Å². The van der Waals surface area contributed by atoms with Gasteiger partial charge in [0.25, 0.3) is 0 Å². The van der Waals surface area contributed by atoms with Crippen LogP contribution in [0.25, 0.3) is 0 Å². The van der Waals surface area contributed by atoms with Gasteiger partial charge in [0.15, 0.2) is 0 Å². The Morgan fingerprint density at radius 1 is 1.19 bits per heavy atom. The number of rotatable bonds is 6. The molecule has 1 saturated heterocycles. The third-order valence-electron chi connectivity index (χ3n) is 4.91. The number of hydrogen-bond donors (Lipinski definition) is 2. The number of nitrogens with one attached hydrogen (secondary N) is 1. The minimum Gasteiger partial charge on any atom is -0.480 e. The van der Waals surface area contributed by atoms with Gasteiger partial charge in [-0.2, -0.15) is 0 Å². The SMILES string of the molecule is CCC1(CC)CCN(C(=O)N[C@@H](CC(C)C)C(=O)O)CC1. The molecule has 0 bridgehead atoms. The van der Waals surface area contributed by atoms with E-state index >= 15 is 0 Å². The number of piperidine rings is 1. The summed E-state index contributed by atoms with van der Waals surface area (Å²) in [7, 11) is 0. The number of carbonyl (C=O) groups is 2. The molecular formula is C16H30N2O3. The molecule has 1 fully saturated rings. The first-order chi connectivity index (χ1) is 9.83. The fraction of sp³-hybridized carbons (Fsp3) is 0.875. The summed E-state index contributed by atoms with van der Waals surface area (Å²) in [6.07, 6.45) is 4.77. The van der Waals surface area contributed by atoms with Crippen molar-refractivity contribution in [3.05, 3.63) is 0 Å². The van der Waals surface area contributed by atoms with E-state index in [0.29, 0.717) is 11.8 Å². The lowest BCUT2D eigenvalue weighted by Gasteiger charge is -2.41. The van der Waals surface area contributed by atoms with Gasteiger partial charge in [-0.3, -0.25) is 0 Å². The molecule has 5 nitrogen and oxygen atoms in total. The van der Waals surface area contributed by atoms with E-state index in [0.717, 1.165) is 38.8 Å². The van der Waals surface area contributed by atoms with Crippen molar-refractivity contribution in [1.82, 2.24) is 10.2 Å². The van der Waals surface area contributed by atoms with Gasteiger partial charge in [0.05, 0.1) is 0 Å². The van der Waals surface area contributed by atoms with Crippen LogP contribution in [0.2, 0.25) is 0 Å². The van der Waals surface area contributed by atoms with Crippen LogP contribution in [-0.4, -0.2) is 41.1 Å². The number of nitrogens with zero attached hydrogens (tertiary/aromatic N) is 1. The van der Waals surface area contributed by atoms with Crippen molar-refractivity contribution in [2.75, 3.05) is 13.1 Å². The lowest BCUT2D eigenvalue weighted by atomic mass is 9.74. The van der Waals surface area contributed by atoms with E-state index in [1.807, 2.05) is 13.8 Å². The summed E-state index contributed by atoms with van der Waals surface area (Å²) in [4.78, 5) is 25.2. The maximum atomic E-state index is 12.2. The summed E-state index contributed by atoms with van der Waals surface area (Å²) >= 11 is 0. The number of carboxylic acids is 1. The van der Waals surface area contributed by atoms with Crippen LogP contribution in [-0.2, 0) is 4.79 Å². The van der Waals surface area contributed by atoms with Gasteiger partial charge < -0.3 is 15.3 Å². The molecule has 0 spiro atoms. The van der Waals surface area contributed by atoms with Crippen LogP contribution in [0.15, 0.2) is 0 Å². The molecule has 5 heteroatoms. The van der Waals surface area contributed by atoms with Crippen LogP contribution >= 0.6 is 0 Å². The maximum Gasteiger partial charge on any atom is 0.326 e. The highest BCUT2D eigenvalue weighted by Crippen LogP contribution is 2.37. The highest BCUT2D eigenvalue weighted by molar-refractivity contribution is 5.82. The predicted octanol–water partition coefficient (Wildman–Crippen LogP) is 3.10. The fourth-order valence-corrected chi connectivity index (χ4v) is 3.07. The molecule has 0 aromatic heterocycles. The molecule has 2 amide bonds. The zero-order valence-electron chi connectivity index (χ0n) is 13.8. The van der Waals surface area contributed by atoms with E-state index in [9.17, 15) is 14.7 Å². The van der Waals surface area contributed by atoms with E-state index in [1.54, 1.807) is 4.90 Å². The molecule has 1 aliphatic heterocycles. The maximum absolute atomic E-state index is 12.2. The van der Waals surface area contributed by atoms with Crippen molar-refractivity contribution in [2.24, 2.45) is 11.3 Å². The number of likely N-dealkylation sites (tertiary alicyclic amines) is 1. The average molecular weight is 298 g/mol. The molecule has 1 atom stereocenters. The van der Waals surface area contributed by atoms with Crippen molar-refractivity contribution in [1.29, 1.82) is 0 Å². The Bertz CT molecular complexity index is 355. The normalized spacial score (nSPS) is 19.4. The average Bonchev–Trinajstić information content (AvgIpc) is 2.46. The molecule has 1 aliphatic rings. The van der Waals surface area contributed by atoms with Gasteiger partial charge >= 0.3 is 12.0 Å². The number of urea groups is 1. The van der Waals surface area contributed by atoms with Crippen LogP contribution in [0.5, 0.6) is 0 Å². The molecule has 0 radical (unpaired) electrons. The summed E-state index contributed by atoms with van der Waals surface area (Å²) in [5, 5.41) is 11.9. The summed E-state index contributed by atoms with van der Waals surface area (Å²) in [5.74, 6) is -0.717. The highest BCUT2D eigenvalue weighted by Gasteiger charge is 2.33. The number of hydrogen-bond acceptors (Lipinski definition) is 2. The molecule has 1 heterocycles. The van der Waals surface area contributed by atoms with Crippen molar-refractivity contribution in [2.45, 2.75) is 65.8 Å². The molecule has 0 unspecified atom stereocenters. The largest absolute Gasteiger partial charge is 0.480 e. The second-order valence-electron chi connectivity index (χ2n) is 6.66. The Hall–Kier alpha value is -1.26. The molecule has 21 heavy (non-hydrogen) atoms. The van der Waals surface area contributed by atoms with Gasteiger partial charge in [0.1, 0.15) is 6.04 Å². The monoisotopic (exact) mass is 298 g/mol. The zero-order valence-corrected chi connectivity index (χ0v) is 13.8. The van der Waals surface area contributed by atoms with Gasteiger partial charge in [0, 0.05) is 13.1 Å². The molecule has 0 saturated carbocycles. The smallest absolute Gasteiger partial charge is 0.326 e. The van der Waals surface area contributed by atoms with Crippen LogP contribution in [0, 0.1) is 11.3 Å². The predicted molar refractivity (Wildman–Crippen MR) is 83.2 cm³/mol. The quantitative estimate of drug-likeness (QED) is 0.791. The van der Waals surface area contributed by atoms with Crippen LogP contribution in [0.3, 0.4) is 0 Å². The number of amides is 2. The van der Waals surface area contributed by atoms with E-state index in [2.05, 4.69) is 19.2 Å². The van der Waals surface area contributed by atoms with E-state index in [-0.39, 0.29) is 11.9 Å². The Morgan fingerprint density at radius 2 is 1.71 bits per heavy atom. The van der Waals surface area contributed by atoms with Gasteiger partial charge in [-0.05, 0) is 30.6 Å². The fourth-order valence-electron chi connectivity index (χ4n) is 3.07. The minimum atomic E-state index is -0.953. The van der Waals surface area contributed by atoms with Crippen molar-refractivity contribution in [3.8, 4) is 0 Å². The minimum absolute atomic E-state index is 0.233. The van der Waals surface area contributed by atoms with Crippen molar-refractivity contribution < 1.29 is 14.7 Å². The second kappa shape index (κ2) is 7.66. The Labute approximate surface area is 128 Å². The standard InChI is InChI=1S/C16H30N2O3/c1-5-16(6-2)7-9-18(10-8-16)15(21)17-13(14(19)20)11-12(3)4/h12-13H,5-11H2,1-4H3,(H,17,21)(H,19,20)/t13-/m0/s1. The Kier molecular flexibility index (Phi) is 6.49. The number of carbonyl (C=O) groups excluding carboxylic acids is 1. The Balaban J connectivity index is 2.55.